The van der Waals surface area contributed by atoms with E-state index in [1.807, 2.05) is 25.1 Å². The number of aromatic amines is 1. The molecule has 2 N–H and O–H groups in total. The number of piperazine rings is 1. The van der Waals surface area contributed by atoms with Crippen molar-refractivity contribution in [3.63, 3.8) is 0 Å². The van der Waals surface area contributed by atoms with E-state index in [-0.39, 0.29) is 17.6 Å². The molecule has 1 atom stereocenters. The smallest absolute Gasteiger partial charge is 0.356 e. The van der Waals surface area contributed by atoms with Crippen molar-refractivity contribution in [1.29, 1.82) is 0 Å². The number of aromatic nitrogens is 1. The molecular formula is C24H26Cl2N4O3. The number of amides is 1. The maximum Gasteiger partial charge on any atom is 0.356 e. The number of carbonyl (C=O) groups is 2. The summed E-state index contributed by atoms with van der Waals surface area (Å²) < 4.78 is 4.89. The third-order valence-corrected chi connectivity index (χ3v) is 6.62. The number of nitrogens with zero attached hydrogens (tertiary/aromatic N) is 2. The third-order valence-electron chi connectivity index (χ3n) is 6.15. The molecule has 1 aromatic heterocycles. The predicted octanol–water partition coefficient (Wildman–Crippen LogP) is 4.72. The number of nitrogens with one attached hydrogen (secondary N) is 2. The Bertz CT molecular complexity index is 1200. The van der Waals surface area contributed by atoms with Crippen LogP contribution in [0.1, 0.15) is 23.0 Å². The molecule has 0 saturated carbocycles. The van der Waals surface area contributed by atoms with Gasteiger partial charge < -0.3 is 19.9 Å². The van der Waals surface area contributed by atoms with Gasteiger partial charge in [0.05, 0.1) is 18.8 Å². The first-order valence-electron chi connectivity index (χ1n) is 10.7. The second kappa shape index (κ2) is 9.63. The van der Waals surface area contributed by atoms with Gasteiger partial charge in [-0.3, -0.25) is 9.69 Å². The highest BCUT2D eigenvalue weighted by Gasteiger charge is 2.28. The van der Waals surface area contributed by atoms with E-state index in [0.717, 1.165) is 31.9 Å². The SMILES string of the molecule is COC(=O)c1[nH]c2ccc(Cl)cc2c1NC(=O)[C@H](C)N1CCN(c2cc(Cl)ccc2C)CC1. The molecule has 3 aromatic rings. The topological polar surface area (TPSA) is 77.7 Å². The van der Waals surface area contributed by atoms with Gasteiger partial charge in [-0.25, -0.2) is 4.79 Å². The Morgan fingerprint density at radius 2 is 1.73 bits per heavy atom. The van der Waals surface area contributed by atoms with Crippen LogP contribution in [0.2, 0.25) is 10.0 Å². The van der Waals surface area contributed by atoms with Crippen molar-refractivity contribution in [2.75, 3.05) is 43.5 Å². The number of rotatable bonds is 5. The predicted molar refractivity (Wildman–Crippen MR) is 133 cm³/mol. The van der Waals surface area contributed by atoms with Crippen LogP contribution in [-0.2, 0) is 9.53 Å². The highest BCUT2D eigenvalue weighted by molar-refractivity contribution is 6.32. The van der Waals surface area contributed by atoms with E-state index in [4.69, 9.17) is 27.9 Å². The summed E-state index contributed by atoms with van der Waals surface area (Å²) in [6.07, 6.45) is 0. The Morgan fingerprint density at radius 3 is 2.42 bits per heavy atom. The molecule has 0 radical (unpaired) electrons. The molecule has 1 fully saturated rings. The average Bonchev–Trinajstić information content (AvgIpc) is 3.17. The van der Waals surface area contributed by atoms with Crippen molar-refractivity contribution < 1.29 is 14.3 Å². The quantitative estimate of drug-likeness (QED) is 0.508. The number of hydrogen-bond acceptors (Lipinski definition) is 5. The fourth-order valence-electron chi connectivity index (χ4n) is 4.22. The minimum Gasteiger partial charge on any atom is -0.464 e. The van der Waals surface area contributed by atoms with Gasteiger partial charge in [0, 0.05) is 52.8 Å². The molecule has 1 amide bonds. The van der Waals surface area contributed by atoms with Crippen molar-refractivity contribution in [3.8, 4) is 0 Å². The van der Waals surface area contributed by atoms with Crippen molar-refractivity contribution in [2.24, 2.45) is 0 Å². The monoisotopic (exact) mass is 488 g/mol. The first kappa shape index (κ1) is 23.4. The molecule has 33 heavy (non-hydrogen) atoms. The van der Waals surface area contributed by atoms with Crippen LogP contribution in [0.25, 0.3) is 10.9 Å². The van der Waals surface area contributed by atoms with Crippen LogP contribution in [-0.4, -0.2) is 61.1 Å². The van der Waals surface area contributed by atoms with Gasteiger partial charge in [-0.15, -0.1) is 0 Å². The molecule has 0 aliphatic carbocycles. The van der Waals surface area contributed by atoms with Crippen LogP contribution in [0.3, 0.4) is 0 Å². The second-order valence-corrected chi connectivity index (χ2v) is 9.05. The van der Waals surface area contributed by atoms with Gasteiger partial charge in [-0.05, 0) is 49.7 Å². The molecule has 1 saturated heterocycles. The summed E-state index contributed by atoms with van der Waals surface area (Å²) in [6, 6.07) is 10.7. The Labute approximate surface area is 202 Å². The molecule has 0 unspecified atom stereocenters. The molecular weight excluding hydrogens is 463 g/mol. The number of esters is 1. The summed E-state index contributed by atoms with van der Waals surface area (Å²) in [5.41, 5.74) is 3.55. The highest BCUT2D eigenvalue weighted by atomic mass is 35.5. The largest absolute Gasteiger partial charge is 0.464 e. The molecule has 7 nitrogen and oxygen atoms in total. The molecule has 0 spiro atoms. The fourth-order valence-corrected chi connectivity index (χ4v) is 4.55. The number of hydrogen-bond donors (Lipinski definition) is 2. The van der Waals surface area contributed by atoms with Crippen LogP contribution in [0.4, 0.5) is 11.4 Å². The minimum absolute atomic E-state index is 0.191. The molecule has 4 rings (SSSR count). The van der Waals surface area contributed by atoms with Crippen LogP contribution < -0.4 is 10.2 Å². The van der Waals surface area contributed by atoms with E-state index >= 15 is 0 Å². The van der Waals surface area contributed by atoms with E-state index in [1.54, 1.807) is 18.2 Å². The Kier molecular flexibility index (Phi) is 6.83. The van der Waals surface area contributed by atoms with Gasteiger partial charge in [0.25, 0.3) is 0 Å². The molecule has 2 heterocycles. The van der Waals surface area contributed by atoms with Crippen LogP contribution in [0.5, 0.6) is 0 Å². The number of methoxy groups -OCH3 is 1. The maximum absolute atomic E-state index is 13.2. The van der Waals surface area contributed by atoms with E-state index in [1.165, 1.54) is 12.7 Å². The lowest BCUT2D eigenvalue weighted by Crippen LogP contribution is -2.53. The van der Waals surface area contributed by atoms with Gasteiger partial charge in [-0.1, -0.05) is 29.3 Å². The Morgan fingerprint density at radius 1 is 1.06 bits per heavy atom. The minimum atomic E-state index is -0.559. The summed E-state index contributed by atoms with van der Waals surface area (Å²) in [4.78, 5) is 32.9. The van der Waals surface area contributed by atoms with E-state index < -0.39 is 5.97 Å². The molecule has 0 bridgehead atoms. The van der Waals surface area contributed by atoms with Crippen molar-refractivity contribution in [1.82, 2.24) is 9.88 Å². The number of carbonyl (C=O) groups excluding carboxylic acids is 2. The van der Waals surface area contributed by atoms with Gasteiger partial charge in [0.1, 0.15) is 5.69 Å². The van der Waals surface area contributed by atoms with Crippen molar-refractivity contribution >= 4 is 57.4 Å². The summed E-state index contributed by atoms with van der Waals surface area (Å²) in [5.74, 6) is -0.760. The Balaban J connectivity index is 1.48. The first-order valence-corrected chi connectivity index (χ1v) is 11.5. The molecule has 1 aliphatic heterocycles. The van der Waals surface area contributed by atoms with Gasteiger partial charge in [-0.2, -0.15) is 0 Å². The number of fused-ring (bicyclic) bond motifs is 1. The summed E-state index contributed by atoms with van der Waals surface area (Å²) in [6.45, 7) is 6.97. The number of ether oxygens (including phenoxy) is 1. The normalized spacial score (nSPS) is 15.5. The lowest BCUT2D eigenvalue weighted by atomic mass is 10.1. The molecule has 174 valence electrons. The van der Waals surface area contributed by atoms with Crippen molar-refractivity contribution in [2.45, 2.75) is 19.9 Å². The first-order chi connectivity index (χ1) is 15.8. The molecule has 2 aromatic carbocycles. The van der Waals surface area contributed by atoms with Gasteiger partial charge >= 0.3 is 5.97 Å². The zero-order valence-corrected chi connectivity index (χ0v) is 20.3. The van der Waals surface area contributed by atoms with Crippen LogP contribution in [0.15, 0.2) is 36.4 Å². The number of H-pyrrole nitrogens is 1. The summed E-state index contributed by atoms with van der Waals surface area (Å²) in [5, 5.41) is 4.81. The lowest BCUT2D eigenvalue weighted by molar-refractivity contribution is -0.120. The molecule has 1 aliphatic rings. The number of anilines is 2. The maximum atomic E-state index is 13.2. The second-order valence-electron chi connectivity index (χ2n) is 8.18. The number of aryl methyl sites for hydroxylation is 1. The number of halogens is 2. The summed E-state index contributed by atoms with van der Waals surface area (Å²) >= 11 is 12.3. The highest BCUT2D eigenvalue weighted by Crippen LogP contribution is 2.31. The van der Waals surface area contributed by atoms with Crippen LogP contribution in [0, 0.1) is 6.92 Å². The zero-order chi connectivity index (χ0) is 23.7. The standard InChI is InChI=1S/C24H26Cl2N4O3/c1-14-4-5-17(26)13-20(14)30-10-8-29(9-11-30)15(2)23(31)28-21-18-12-16(25)6-7-19(18)27-22(21)24(32)33-3/h4-7,12-13,15,27H,8-11H2,1-3H3,(H,28,31)/t15-/m0/s1. The third kappa shape index (κ3) is 4.81. The van der Waals surface area contributed by atoms with Crippen LogP contribution >= 0.6 is 23.2 Å². The van der Waals surface area contributed by atoms with E-state index in [9.17, 15) is 9.59 Å². The van der Waals surface area contributed by atoms with E-state index in [2.05, 4.69) is 27.0 Å². The zero-order valence-electron chi connectivity index (χ0n) is 18.7. The number of benzene rings is 2. The van der Waals surface area contributed by atoms with E-state index in [0.29, 0.717) is 26.6 Å². The lowest BCUT2D eigenvalue weighted by Gasteiger charge is -2.39. The van der Waals surface area contributed by atoms with Gasteiger partial charge in [0.15, 0.2) is 0 Å². The molecule has 9 heteroatoms. The van der Waals surface area contributed by atoms with Crippen molar-refractivity contribution in [3.05, 3.63) is 57.7 Å². The Hall–Kier alpha value is -2.74. The summed E-state index contributed by atoms with van der Waals surface area (Å²) in [7, 11) is 1.30. The fraction of sp³-hybridized carbons (Fsp3) is 0.333. The van der Waals surface area contributed by atoms with Gasteiger partial charge in [0.2, 0.25) is 5.91 Å². The average molecular weight is 489 g/mol.